The summed E-state index contributed by atoms with van der Waals surface area (Å²) >= 11 is 0. The van der Waals surface area contributed by atoms with Crippen LogP contribution in [0.5, 0.6) is 5.75 Å². The van der Waals surface area contributed by atoms with Crippen LogP contribution in [0.15, 0.2) is 48.5 Å². The molecule has 1 aliphatic heterocycles. The van der Waals surface area contributed by atoms with E-state index in [1.165, 1.54) is 7.05 Å². The monoisotopic (exact) mass is 445 g/mol. The minimum absolute atomic E-state index is 0.122. The van der Waals surface area contributed by atoms with Crippen LogP contribution in [0.4, 0.5) is 11.4 Å². The van der Waals surface area contributed by atoms with E-state index < -0.39 is 16.1 Å². The van der Waals surface area contributed by atoms with Crippen molar-refractivity contribution in [1.29, 1.82) is 0 Å². The summed E-state index contributed by atoms with van der Waals surface area (Å²) < 4.78 is 30.0. The van der Waals surface area contributed by atoms with E-state index in [1.54, 1.807) is 36.1 Å². The molecule has 2 aromatic rings. The number of carbonyl (C=O) groups is 2. The second-order valence-electron chi connectivity index (χ2n) is 7.52. The van der Waals surface area contributed by atoms with Gasteiger partial charge in [-0.15, -0.1) is 0 Å². The molecular weight excluding hydrogens is 418 g/mol. The van der Waals surface area contributed by atoms with Gasteiger partial charge in [-0.1, -0.05) is 12.1 Å². The molecule has 0 aliphatic carbocycles. The second kappa shape index (κ2) is 9.38. The number of nitrogens with zero attached hydrogens (tertiary/aromatic N) is 2. The normalized spacial score (nSPS) is 14.9. The Labute approximate surface area is 182 Å². The standard InChI is InChI=1S/C22H27N3O5S/c1-16(30-20-11-9-18(10-12-20)24(2)31(3,28)29)22(27)23-15-17-6-4-7-19(14-17)25-13-5-8-21(25)26/h4,6-7,9-12,14,16H,5,8,13,15H2,1-3H3,(H,23,27). The van der Waals surface area contributed by atoms with Gasteiger partial charge >= 0.3 is 0 Å². The average Bonchev–Trinajstić information content (AvgIpc) is 3.17. The quantitative estimate of drug-likeness (QED) is 0.673. The summed E-state index contributed by atoms with van der Waals surface area (Å²) in [5.41, 5.74) is 2.24. The fraction of sp³-hybridized carbons (Fsp3) is 0.364. The van der Waals surface area contributed by atoms with Crippen molar-refractivity contribution in [3.63, 3.8) is 0 Å². The van der Waals surface area contributed by atoms with Crippen molar-refractivity contribution >= 4 is 33.2 Å². The second-order valence-corrected chi connectivity index (χ2v) is 9.53. The van der Waals surface area contributed by atoms with Crippen LogP contribution < -0.4 is 19.3 Å². The highest BCUT2D eigenvalue weighted by molar-refractivity contribution is 7.92. The van der Waals surface area contributed by atoms with Crippen LogP contribution in [0.2, 0.25) is 0 Å². The highest BCUT2D eigenvalue weighted by Gasteiger charge is 2.22. The van der Waals surface area contributed by atoms with E-state index in [1.807, 2.05) is 24.3 Å². The molecule has 1 unspecified atom stereocenters. The van der Waals surface area contributed by atoms with Crippen molar-refractivity contribution in [2.45, 2.75) is 32.4 Å². The number of hydrogen-bond donors (Lipinski definition) is 1. The molecule has 2 amide bonds. The molecule has 0 spiro atoms. The summed E-state index contributed by atoms with van der Waals surface area (Å²) in [4.78, 5) is 26.1. The number of carbonyl (C=O) groups excluding carboxylic acids is 2. The first-order valence-electron chi connectivity index (χ1n) is 10.0. The Morgan fingerprint density at radius 2 is 1.94 bits per heavy atom. The predicted molar refractivity (Wildman–Crippen MR) is 120 cm³/mol. The number of amides is 2. The number of ether oxygens (including phenoxy) is 1. The lowest BCUT2D eigenvalue weighted by molar-refractivity contribution is -0.127. The first-order valence-corrected chi connectivity index (χ1v) is 11.9. The van der Waals surface area contributed by atoms with Crippen LogP contribution in [0.3, 0.4) is 0 Å². The van der Waals surface area contributed by atoms with Gasteiger partial charge in [0.15, 0.2) is 6.10 Å². The summed E-state index contributed by atoms with van der Waals surface area (Å²) in [6.07, 6.45) is 1.83. The molecule has 1 aliphatic rings. The topological polar surface area (TPSA) is 96.0 Å². The average molecular weight is 446 g/mol. The molecule has 1 fully saturated rings. The SMILES string of the molecule is CC(Oc1ccc(N(C)S(C)(=O)=O)cc1)C(=O)NCc1cccc(N2CCCC2=O)c1. The molecule has 3 rings (SSSR count). The maximum Gasteiger partial charge on any atom is 0.261 e. The highest BCUT2D eigenvalue weighted by atomic mass is 32.2. The van der Waals surface area contributed by atoms with Gasteiger partial charge in [-0.2, -0.15) is 0 Å². The van der Waals surface area contributed by atoms with Gasteiger partial charge in [0.2, 0.25) is 15.9 Å². The van der Waals surface area contributed by atoms with Crippen LogP contribution in [0.25, 0.3) is 0 Å². The number of benzene rings is 2. The Bertz CT molecular complexity index is 1050. The van der Waals surface area contributed by atoms with Gasteiger partial charge in [0, 0.05) is 32.2 Å². The summed E-state index contributed by atoms with van der Waals surface area (Å²) in [6, 6.07) is 14.1. The van der Waals surface area contributed by atoms with Crippen molar-refractivity contribution in [2.24, 2.45) is 0 Å². The summed E-state index contributed by atoms with van der Waals surface area (Å²) in [7, 11) is -1.88. The molecule has 1 atom stereocenters. The third-order valence-electron chi connectivity index (χ3n) is 5.14. The van der Waals surface area contributed by atoms with Gasteiger partial charge in [-0.25, -0.2) is 8.42 Å². The van der Waals surface area contributed by atoms with E-state index in [9.17, 15) is 18.0 Å². The van der Waals surface area contributed by atoms with Crippen LogP contribution >= 0.6 is 0 Å². The van der Waals surface area contributed by atoms with Gasteiger partial charge in [0.1, 0.15) is 5.75 Å². The maximum atomic E-state index is 12.4. The van der Waals surface area contributed by atoms with E-state index >= 15 is 0 Å². The van der Waals surface area contributed by atoms with Gasteiger partial charge in [-0.3, -0.25) is 13.9 Å². The molecule has 1 saturated heterocycles. The molecule has 1 N–H and O–H groups in total. The predicted octanol–water partition coefficient (Wildman–Crippen LogP) is 2.29. The summed E-state index contributed by atoms with van der Waals surface area (Å²) in [5.74, 6) is 0.305. The van der Waals surface area contributed by atoms with E-state index in [0.29, 0.717) is 24.4 Å². The Kier molecular flexibility index (Phi) is 6.84. The first kappa shape index (κ1) is 22.6. The van der Waals surface area contributed by atoms with E-state index in [4.69, 9.17) is 4.74 Å². The molecule has 0 radical (unpaired) electrons. The van der Waals surface area contributed by atoms with Gasteiger partial charge < -0.3 is 15.0 Å². The number of rotatable bonds is 8. The zero-order chi connectivity index (χ0) is 22.6. The van der Waals surface area contributed by atoms with Gasteiger partial charge in [-0.05, 0) is 55.3 Å². The lowest BCUT2D eigenvalue weighted by atomic mass is 10.2. The first-order chi connectivity index (χ1) is 14.6. The molecule has 9 heteroatoms. The Morgan fingerprint density at radius 1 is 1.23 bits per heavy atom. The fourth-order valence-electron chi connectivity index (χ4n) is 3.27. The zero-order valence-electron chi connectivity index (χ0n) is 17.9. The summed E-state index contributed by atoms with van der Waals surface area (Å²) in [5, 5.41) is 2.84. The molecule has 0 aromatic heterocycles. The van der Waals surface area contributed by atoms with Gasteiger partial charge in [0.25, 0.3) is 5.91 Å². The minimum atomic E-state index is -3.34. The van der Waals surface area contributed by atoms with Crippen molar-refractivity contribution < 1.29 is 22.7 Å². The number of hydrogen-bond acceptors (Lipinski definition) is 5. The Morgan fingerprint density at radius 3 is 2.55 bits per heavy atom. The van der Waals surface area contributed by atoms with Crippen LogP contribution in [-0.4, -0.2) is 46.2 Å². The number of sulfonamides is 1. The van der Waals surface area contributed by atoms with Crippen molar-refractivity contribution in [3.05, 3.63) is 54.1 Å². The largest absolute Gasteiger partial charge is 0.481 e. The third kappa shape index (κ3) is 5.75. The number of nitrogens with one attached hydrogen (secondary N) is 1. The Balaban J connectivity index is 1.55. The number of anilines is 2. The smallest absolute Gasteiger partial charge is 0.261 e. The van der Waals surface area contributed by atoms with Crippen molar-refractivity contribution in [2.75, 3.05) is 29.1 Å². The fourth-order valence-corrected chi connectivity index (χ4v) is 3.78. The van der Waals surface area contributed by atoms with Gasteiger partial charge in [0.05, 0.1) is 11.9 Å². The molecule has 166 valence electrons. The maximum absolute atomic E-state index is 12.4. The minimum Gasteiger partial charge on any atom is -0.481 e. The summed E-state index contributed by atoms with van der Waals surface area (Å²) in [6.45, 7) is 2.68. The Hall–Kier alpha value is -3.07. The van der Waals surface area contributed by atoms with E-state index in [-0.39, 0.29) is 11.8 Å². The molecule has 0 bridgehead atoms. The van der Waals surface area contributed by atoms with Crippen LogP contribution in [0, 0.1) is 0 Å². The molecule has 2 aromatic carbocycles. The molecular formula is C22H27N3O5S. The molecule has 31 heavy (non-hydrogen) atoms. The molecule has 1 heterocycles. The highest BCUT2D eigenvalue weighted by Crippen LogP contribution is 2.23. The van der Waals surface area contributed by atoms with Crippen molar-refractivity contribution in [3.8, 4) is 5.75 Å². The zero-order valence-corrected chi connectivity index (χ0v) is 18.7. The molecule has 8 nitrogen and oxygen atoms in total. The lowest BCUT2D eigenvalue weighted by Crippen LogP contribution is -2.36. The lowest BCUT2D eigenvalue weighted by Gasteiger charge is -2.19. The van der Waals surface area contributed by atoms with Crippen LogP contribution in [-0.2, 0) is 26.2 Å². The van der Waals surface area contributed by atoms with E-state index in [2.05, 4.69) is 5.32 Å². The third-order valence-corrected chi connectivity index (χ3v) is 6.35. The molecule has 0 saturated carbocycles. The van der Waals surface area contributed by atoms with E-state index in [0.717, 1.165) is 34.8 Å². The van der Waals surface area contributed by atoms with Crippen LogP contribution in [0.1, 0.15) is 25.3 Å². The van der Waals surface area contributed by atoms with Crippen molar-refractivity contribution in [1.82, 2.24) is 5.32 Å².